The maximum Gasteiger partial charge on any atom is 0.242 e. The second kappa shape index (κ2) is 12.2. The van der Waals surface area contributed by atoms with Gasteiger partial charge in [-0.1, -0.05) is 17.7 Å². The molecule has 1 fully saturated rings. The van der Waals surface area contributed by atoms with E-state index in [-0.39, 0.29) is 15.7 Å². The summed E-state index contributed by atoms with van der Waals surface area (Å²) in [5, 5.41) is 3.19. The number of aryl methyl sites for hydroxylation is 1. The lowest BCUT2D eigenvalue weighted by atomic mass is 10.1. The molecule has 2 aromatic carbocycles. The molecular weight excluding hydrogens is 541 g/mol. The van der Waals surface area contributed by atoms with E-state index in [9.17, 15) is 12.8 Å². The first-order valence-corrected chi connectivity index (χ1v) is 14.8. The first kappa shape index (κ1) is 29.2. The van der Waals surface area contributed by atoms with Gasteiger partial charge in [0, 0.05) is 36.5 Å². The topological polar surface area (TPSA) is 96.5 Å². The summed E-state index contributed by atoms with van der Waals surface area (Å²) in [6.45, 7) is 10.5. The Morgan fingerprint density at radius 2 is 1.87 bits per heavy atom. The molecule has 0 spiro atoms. The van der Waals surface area contributed by atoms with Crippen LogP contribution in [-0.4, -0.2) is 55.1 Å². The largest absolute Gasteiger partial charge is 0.489 e. The van der Waals surface area contributed by atoms with Gasteiger partial charge in [0.25, 0.3) is 0 Å². The van der Waals surface area contributed by atoms with Crippen LogP contribution in [0.3, 0.4) is 0 Å². The highest BCUT2D eigenvalue weighted by Gasteiger charge is 2.24. The number of aromatic nitrogens is 2. The van der Waals surface area contributed by atoms with E-state index in [1.807, 2.05) is 6.92 Å². The fourth-order valence-electron chi connectivity index (χ4n) is 4.35. The number of likely N-dealkylation sites (tertiary alicyclic amines) is 1. The minimum Gasteiger partial charge on any atom is -0.489 e. The lowest BCUT2D eigenvalue weighted by molar-refractivity contribution is 0.231. The fourth-order valence-corrected chi connectivity index (χ4v) is 6.32. The van der Waals surface area contributed by atoms with Crippen molar-refractivity contribution in [3.05, 3.63) is 70.3 Å². The molecule has 8 nitrogen and oxygen atoms in total. The normalized spacial score (nSPS) is 14.5. The highest BCUT2D eigenvalue weighted by Crippen LogP contribution is 2.27. The summed E-state index contributed by atoms with van der Waals surface area (Å²) >= 11 is 6.24. The van der Waals surface area contributed by atoms with E-state index >= 15 is 0 Å². The third-order valence-electron chi connectivity index (χ3n) is 6.23. The number of ether oxygens (including phenoxy) is 1. The first-order chi connectivity index (χ1) is 18.4. The summed E-state index contributed by atoms with van der Waals surface area (Å²) in [6.07, 6.45) is 4.44. The predicted molar refractivity (Wildman–Crippen MR) is 152 cm³/mol. The number of nitrogens with zero attached hydrogens (tertiary/aromatic N) is 3. The summed E-state index contributed by atoms with van der Waals surface area (Å²) in [5.74, 6) is 0.0427. The van der Waals surface area contributed by atoms with Crippen molar-refractivity contribution in [1.82, 2.24) is 19.6 Å². The number of hydrogen-bond acceptors (Lipinski definition) is 7. The van der Waals surface area contributed by atoms with Crippen LogP contribution >= 0.6 is 11.6 Å². The zero-order valence-electron chi connectivity index (χ0n) is 22.7. The molecule has 0 radical (unpaired) electrons. The van der Waals surface area contributed by atoms with Crippen LogP contribution in [0.1, 0.15) is 50.4 Å². The number of benzene rings is 2. The second-order valence-electron chi connectivity index (χ2n) is 10.8. The smallest absolute Gasteiger partial charge is 0.242 e. The van der Waals surface area contributed by atoms with Crippen LogP contribution in [0.5, 0.6) is 5.75 Å². The van der Waals surface area contributed by atoms with Crippen molar-refractivity contribution in [3.8, 4) is 5.75 Å². The quantitative estimate of drug-likeness (QED) is 0.331. The zero-order chi connectivity index (χ0) is 28.2. The minimum absolute atomic E-state index is 0.0138. The van der Waals surface area contributed by atoms with Gasteiger partial charge in [-0.3, -0.25) is 4.90 Å². The van der Waals surface area contributed by atoms with Crippen LogP contribution in [0, 0.1) is 12.7 Å². The molecule has 11 heteroatoms. The van der Waals surface area contributed by atoms with Crippen molar-refractivity contribution in [1.29, 1.82) is 0 Å². The van der Waals surface area contributed by atoms with Gasteiger partial charge in [0.05, 0.1) is 10.7 Å². The molecular formula is C28H35ClFN5O3S. The van der Waals surface area contributed by atoms with E-state index in [0.29, 0.717) is 30.4 Å². The second-order valence-corrected chi connectivity index (χ2v) is 12.8. The Morgan fingerprint density at radius 3 is 2.56 bits per heavy atom. The Labute approximate surface area is 235 Å². The van der Waals surface area contributed by atoms with Gasteiger partial charge in [0.1, 0.15) is 11.5 Å². The van der Waals surface area contributed by atoms with Gasteiger partial charge < -0.3 is 10.1 Å². The number of halogens is 2. The zero-order valence-corrected chi connectivity index (χ0v) is 24.3. The molecule has 0 amide bonds. The molecule has 1 aliphatic rings. The maximum atomic E-state index is 14.7. The van der Waals surface area contributed by atoms with Gasteiger partial charge in [0.2, 0.25) is 16.0 Å². The average molecular weight is 576 g/mol. The number of rotatable bonds is 10. The van der Waals surface area contributed by atoms with Crippen molar-refractivity contribution >= 4 is 33.3 Å². The summed E-state index contributed by atoms with van der Waals surface area (Å²) in [6, 6.07) is 9.57. The molecule has 1 saturated heterocycles. The number of nitrogens with one attached hydrogen (secondary N) is 2. The van der Waals surface area contributed by atoms with Gasteiger partial charge >= 0.3 is 0 Å². The number of sulfonamides is 1. The first-order valence-electron chi connectivity index (χ1n) is 13.0. The van der Waals surface area contributed by atoms with Crippen molar-refractivity contribution < 1.29 is 17.5 Å². The third kappa shape index (κ3) is 8.11. The molecule has 39 heavy (non-hydrogen) atoms. The Bertz CT molecular complexity index is 1420. The predicted octanol–water partition coefficient (Wildman–Crippen LogP) is 5.46. The fraction of sp³-hybridized carbons (Fsp3) is 0.429. The number of anilines is 2. The molecule has 0 bridgehead atoms. The molecule has 1 aliphatic heterocycles. The van der Waals surface area contributed by atoms with Gasteiger partial charge in [-0.25, -0.2) is 27.5 Å². The minimum atomic E-state index is -3.82. The van der Waals surface area contributed by atoms with Crippen LogP contribution in [0.4, 0.5) is 16.0 Å². The lowest BCUT2D eigenvalue weighted by Crippen LogP contribution is -2.40. The molecule has 0 saturated carbocycles. The van der Waals surface area contributed by atoms with E-state index in [0.717, 1.165) is 30.8 Å². The SMILES string of the molecule is Cc1cnc(Nc2ccc(OCCN3CCCC3)c(F)c2)nc1Cc1ccc(Cl)c(S(=O)(=O)NC(C)(C)C)c1. The van der Waals surface area contributed by atoms with Crippen LogP contribution in [-0.2, 0) is 16.4 Å². The maximum absolute atomic E-state index is 14.7. The van der Waals surface area contributed by atoms with Gasteiger partial charge in [-0.2, -0.15) is 0 Å². The monoisotopic (exact) mass is 575 g/mol. The van der Waals surface area contributed by atoms with Crippen molar-refractivity contribution in [2.45, 2.75) is 57.4 Å². The van der Waals surface area contributed by atoms with E-state index < -0.39 is 21.4 Å². The molecule has 3 aromatic rings. The van der Waals surface area contributed by atoms with Crippen molar-refractivity contribution in [2.75, 3.05) is 31.6 Å². The molecule has 210 valence electrons. The Kier molecular flexibility index (Phi) is 9.10. The van der Waals surface area contributed by atoms with Crippen molar-refractivity contribution in [3.63, 3.8) is 0 Å². The summed E-state index contributed by atoms with van der Waals surface area (Å²) in [5.41, 5.74) is 2.09. The summed E-state index contributed by atoms with van der Waals surface area (Å²) in [7, 11) is -3.82. The summed E-state index contributed by atoms with van der Waals surface area (Å²) in [4.78, 5) is 11.3. The molecule has 0 unspecified atom stereocenters. The third-order valence-corrected chi connectivity index (χ3v) is 8.47. The lowest BCUT2D eigenvalue weighted by Gasteiger charge is -2.21. The molecule has 2 N–H and O–H groups in total. The average Bonchev–Trinajstić information content (AvgIpc) is 3.36. The van der Waals surface area contributed by atoms with E-state index in [2.05, 4.69) is 24.9 Å². The molecule has 0 atom stereocenters. The molecule has 2 heterocycles. The van der Waals surface area contributed by atoms with Gasteiger partial charge in [0.15, 0.2) is 11.6 Å². The molecule has 1 aromatic heterocycles. The highest BCUT2D eigenvalue weighted by molar-refractivity contribution is 7.89. The summed E-state index contributed by atoms with van der Waals surface area (Å²) < 4.78 is 48.7. The van der Waals surface area contributed by atoms with Crippen molar-refractivity contribution in [2.24, 2.45) is 0 Å². The van der Waals surface area contributed by atoms with Crippen LogP contribution in [0.25, 0.3) is 0 Å². The Hall–Kier alpha value is -2.79. The van der Waals surface area contributed by atoms with Crippen LogP contribution in [0.15, 0.2) is 47.5 Å². The molecule has 4 rings (SSSR count). The highest BCUT2D eigenvalue weighted by atomic mass is 35.5. The van der Waals surface area contributed by atoms with Crippen LogP contribution < -0.4 is 14.8 Å². The molecule has 0 aliphatic carbocycles. The Balaban J connectivity index is 1.45. The number of hydrogen-bond donors (Lipinski definition) is 2. The van der Waals surface area contributed by atoms with E-state index in [1.165, 1.54) is 18.9 Å². The van der Waals surface area contributed by atoms with E-state index in [1.54, 1.807) is 57.3 Å². The van der Waals surface area contributed by atoms with Crippen LogP contribution in [0.2, 0.25) is 5.02 Å². The Morgan fingerprint density at radius 1 is 1.13 bits per heavy atom. The van der Waals surface area contributed by atoms with Gasteiger partial charge in [-0.05, 0) is 89.0 Å². The van der Waals surface area contributed by atoms with Gasteiger partial charge in [-0.15, -0.1) is 0 Å². The standard InChI is InChI=1S/C28H35ClFN5O3S/c1-19-18-31-27(32-21-8-10-25(23(30)17-21)38-14-13-35-11-5-6-12-35)33-24(19)15-20-7-9-22(29)26(16-20)39(36,37)34-28(2,3)4/h7-10,16-18,34H,5-6,11-15H2,1-4H3,(H,31,32,33). The van der Waals surface area contributed by atoms with E-state index in [4.69, 9.17) is 16.3 Å².